The zero-order chi connectivity index (χ0) is 12.8. The average Bonchev–Trinajstić information content (AvgIpc) is 2.07. The van der Waals surface area contributed by atoms with Crippen molar-refractivity contribution in [1.82, 2.24) is 10.6 Å². The van der Waals surface area contributed by atoms with Gasteiger partial charge in [0, 0.05) is 5.54 Å². The van der Waals surface area contributed by atoms with Crippen LogP contribution in [0.3, 0.4) is 0 Å². The summed E-state index contributed by atoms with van der Waals surface area (Å²) in [6.07, 6.45) is 1.20. The molecule has 0 aromatic rings. The molecule has 2 heteroatoms. The van der Waals surface area contributed by atoms with Gasteiger partial charge in [-0.1, -0.05) is 27.7 Å². The minimum atomic E-state index is 0.249. The zero-order valence-corrected chi connectivity index (χ0v) is 12.4. The Morgan fingerprint density at radius 1 is 0.938 bits per heavy atom. The first-order valence-corrected chi connectivity index (χ1v) is 6.58. The first-order chi connectivity index (χ1) is 7.13. The third kappa shape index (κ3) is 9.17. The lowest BCUT2D eigenvalue weighted by Gasteiger charge is -2.27. The Labute approximate surface area is 103 Å². The van der Waals surface area contributed by atoms with E-state index in [-0.39, 0.29) is 5.54 Å². The lowest BCUT2D eigenvalue weighted by molar-refractivity contribution is 0.252. The van der Waals surface area contributed by atoms with E-state index < -0.39 is 0 Å². The van der Waals surface area contributed by atoms with Gasteiger partial charge >= 0.3 is 0 Å². The van der Waals surface area contributed by atoms with Gasteiger partial charge in [0.15, 0.2) is 0 Å². The van der Waals surface area contributed by atoms with Gasteiger partial charge in [-0.3, -0.25) is 0 Å². The summed E-state index contributed by atoms with van der Waals surface area (Å²) in [6.45, 7) is 19.2. The molecule has 0 aromatic carbocycles. The highest BCUT2D eigenvalue weighted by atomic mass is 14.9. The van der Waals surface area contributed by atoms with Gasteiger partial charge < -0.3 is 10.6 Å². The number of hydrogen-bond donors (Lipinski definition) is 2. The third-order valence-corrected chi connectivity index (χ3v) is 3.11. The molecular formula is C14H32N2. The summed E-state index contributed by atoms with van der Waals surface area (Å²) in [7, 11) is 0. The SMILES string of the molecule is CC(CNCCCNC(C)(C)C)C(C)(C)C. The predicted molar refractivity (Wildman–Crippen MR) is 73.9 cm³/mol. The van der Waals surface area contributed by atoms with Crippen LogP contribution in [-0.2, 0) is 0 Å². The fourth-order valence-corrected chi connectivity index (χ4v) is 1.30. The molecule has 0 aliphatic heterocycles. The van der Waals surface area contributed by atoms with Crippen molar-refractivity contribution in [1.29, 1.82) is 0 Å². The Morgan fingerprint density at radius 3 is 1.94 bits per heavy atom. The van der Waals surface area contributed by atoms with Gasteiger partial charge in [0.1, 0.15) is 0 Å². The Hall–Kier alpha value is -0.0800. The minimum Gasteiger partial charge on any atom is -0.316 e. The van der Waals surface area contributed by atoms with E-state index in [2.05, 4.69) is 59.1 Å². The normalized spacial score (nSPS) is 15.2. The molecule has 0 aromatic heterocycles. The molecule has 2 N–H and O–H groups in total. The molecule has 0 heterocycles. The number of nitrogens with one attached hydrogen (secondary N) is 2. The maximum Gasteiger partial charge on any atom is 0.00965 e. The highest BCUT2D eigenvalue weighted by Gasteiger charge is 2.18. The lowest BCUT2D eigenvalue weighted by Crippen LogP contribution is -2.38. The smallest absolute Gasteiger partial charge is 0.00965 e. The van der Waals surface area contributed by atoms with Crippen LogP contribution in [0.15, 0.2) is 0 Å². The Bertz CT molecular complexity index is 174. The second-order valence-electron chi connectivity index (χ2n) is 7.00. The predicted octanol–water partition coefficient (Wildman–Crippen LogP) is 3.04. The van der Waals surface area contributed by atoms with Crippen molar-refractivity contribution in [3.63, 3.8) is 0 Å². The van der Waals surface area contributed by atoms with Crippen molar-refractivity contribution in [2.75, 3.05) is 19.6 Å². The van der Waals surface area contributed by atoms with Gasteiger partial charge in [-0.15, -0.1) is 0 Å². The monoisotopic (exact) mass is 228 g/mol. The van der Waals surface area contributed by atoms with Crippen molar-refractivity contribution in [3.05, 3.63) is 0 Å². The van der Waals surface area contributed by atoms with E-state index in [0.717, 1.165) is 25.6 Å². The van der Waals surface area contributed by atoms with E-state index in [1.165, 1.54) is 6.42 Å². The Balaban J connectivity index is 3.41. The van der Waals surface area contributed by atoms with Crippen LogP contribution in [0.25, 0.3) is 0 Å². The molecule has 0 bridgehead atoms. The summed E-state index contributed by atoms with van der Waals surface area (Å²) in [5.41, 5.74) is 0.662. The largest absolute Gasteiger partial charge is 0.316 e. The van der Waals surface area contributed by atoms with E-state index in [1.807, 2.05) is 0 Å². The molecule has 16 heavy (non-hydrogen) atoms. The van der Waals surface area contributed by atoms with Gasteiger partial charge in [-0.25, -0.2) is 0 Å². The molecular weight excluding hydrogens is 196 g/mol. The average molecular weight is 228 g/mol. The number of rotatable bonds is 6. The summed E-state index contributed by atoms with van der Waals surface area (Å²) in [4.78, 5) is 0. The molecule has 2 nitrogen and oxygen atoms in total. The summed E-state index contributed by atoms with van der Waals surface area (Å²) >= 11 is 0. The van der Waals surface area contributed by atoms with Crippen LogP contribution in [-0.4, -0.2) is 25.2 Å². The van der Waals surface area contributed by atoms with Gasteiger partial charge in [0.05, 0.1) is 0 Å². The first kappa shape index (κ1) is 15.9. The van der Waals surface area contributed by atoms with Crippen LogP contribution in [0.5, 0.6) is 0 Å². The van der Waals surface area contributed by atoms with Crippen molar-refractivity contribution < 1.29 is 0 Å². The molecule has 0 spiro atoms. The van der Waals surface area contributed by atoms with Crippen LogP contribution < -0.4 is 10.6 Å². The molecule has 0 fully saturated rings. The summed E-state index contributed by atoms with van der Waals surface area (Å²) in [5, 5.41) is 7.04. The van der Waals surface area contributed by atoms with E-state index in [1.54, 1.807) is 0 Å². The molecule has 0 aliphatic rings. The standard InChI is InChI=1S/C14H32N2/c1-12(13(2,3)4)11-15-9-8-10-16-14(5,6)7/h12,15-16H,8-11H2,1-7H3. The molecule has 0 amide bonds. The zero-order valence-electron chi connectivity index (χ0n) is 12.4. The first-order valence-electron chi connectivity index (χ1n) is 6.58. The minimum absolute atomic E-state index is 0.249. The summed E-state index contributed by atoms with van der Waals surface area (Å²) < 4.78 is 0. The molecule has 1 atom stereocenters. The maximum absolute atomic E-state index is 3.54. The lowest BCUT2D eigenvalue weighted by atomic mass is 9.82. The second-order valence-corrected chi connectivity index (χ2v) is 7.00. The molecule has 0 saturated carbocycles. The van der Waals surface area contributed by atoms with Crippen molar-refractivity contribution >= 4 is 0 Å². The second kappa shape index (κ2) is 6.61. The van der Waals surface area contributed by atoms with Gasteiger partial charge in [0.25, 0.3) is 0 Å². The molecule has 0 radical (unpaired) electrons. The van der Waals surface area contributed by atoms with E-state index in [4.69, 9.17) is 0 Å². The van der Waals surface area contributed by atoms with Crippen LogP contribution in [0.2, 0.25) is 0 Å². The van der Waals surface area contributed by atoms with Crippen molar-refractivity contribution in [2.24, 2.45) is 11.3 Å². The Morgan fingerprint density at radius 2 is 1.50 bits per heavy atom. The highest BCUT2D eigenvalue weighted by molar-refractivity contribution is 4.73. The van der Waals surface area contributed by atoms with Gasteiger partial charge in [-0.05, 0) is 58.2 Å². The van der Waals surface area contributed by atoms with E-state index in [0.29, 0.717) is 5.41 Å². The van der Waals surface area contributed by atoms with Gasteiger partial charge in [-0.2, -0.15) is 0 Å². The molecule has 0 saturated heterocycles. The van der Waals surface area contributed by atoms with Gasteiger partial charge in [0.2, 0.25) is 0 Å². The maximum atomic E-state index is 3.54. The molecule has 0 aliphatic carbocycles. The van der Waals surface area contributed by atoms with Crippen LogP contribution in [0.1, 0.15) is 54.9 Å². The highest BCUT2D eigenvalue weighted by Crippen LogP contribution is 2.24. The van der Waals surface area contributed by atoms with Crippen LogP contribution in [0, 0.1) is 11.3 Å². The van der Waals surface area contributed by atoms with Crippen LogP contribution >= 0.6 is 0 Å². The number of hydrogen-bond acceptors (Lipinski definition) is 2. The molecule has 0 rings (SSSR count). The van der Waals surface area contributed by atoms with E-state index >= 15 is 0 Å². The summed E-state index contributed by atoms with van der Waals surface area (Å²) in [5.74, 6) is 0.725. The van der Waals surface area contributed by atoms with E-state index in [9.17, 15) is 0 Å². The molecule has 1 unspecified atom stereocenters. The summed E-state index contributed by atoms with van der Waals surface area (Å²) in [6, 6.07) is 0. The van der Waals surface area contributed by atoms with Crippen molar-refractivity contribution in [3.8, 4) is 0 Å². The third-order valence-electron chi connectivity index (χ3n) is 3.11. The molecule has 98 valence electrons. The topological polar surface area (TPSA) is 24.1 Å². The van der Waals surface area contributed by atoms with Crippen molar-refractivity contribution in [2.45, 2.75) is 60.4 Å². The fraction of sp³-hybridized carbons (Fsp3) is 1.00. The Kier molecular flexibility index (Phi) is 6.57. The van der Waals surface area contributed by atoms with Crippen LogP contribution in [0.4, 0.5) is 0 Å². The quantitative estimate of drug-likeness (QED) is 0.683. The fourth-order valence-electron chi connectivity index (χ4n) is 1.30.